The molecule has 0 aliphatic heterocycles. The van der Waals surface area contributed by atoms with Crippen LogP contribution in [0.1, 0.15) is 48.2 Å². The number of nitrogens with one attached hydrogen (secondary N) is 3. The molecule has 4 aromatic rings. The Balaban J connectivity index is 1.48. The predicted octanol–water partition coefficient (Wildman–Crippen LogP) is 8.65. The Hall–Kier alpha value is -4.04. The summed E-state index contributed by atoms with van der Waals surface area (Å²) in [5.41, 5.74) is 3.15. The molecule has 0 fully saturated rings. The number of carbonyl (C=O) groups is 3. The number of amides is 3. The van der Waals surface area contributed by atoms with Gasteiger partial charge in [-0.3, -0.25) is 14.4 Å². The number of hydrogen-bond donors (Lipinski definition) is 3. The summed E-state index contributed by atoms with van der Waals surface area (Å²) >= 11 is 14.1. The van der Waals surface area contributed by atoms with E-state index < -0.39 is 17.1 Å². The zero-order chi connectivity index (χ0) is 30.9. The molecule has 1 unspecified atom stereocenters. The van der Waals surface area contributed by atoms with Crippen LogP contribution in [0.25, 0.3) is 6.08 Å². The van der Waals surface area contributed by atoms with Crippen molar-refractivity contribution in [2.24, 2.45) is 0 Å². The lowest BCUT2D eigenvalue weighted by Gasteiger charge is -2.15. The highest BCUT2D eigenvalue weighted by atomic mass is 35.5. The number of carbonyl (C=O) groups excluding carboxylic acids is 3. The molecule has 0 saturated heterocycles. The van der Waals surface area contributed by atoms with Crippen LogP contribution in [0.5, 0.6) is 0 Å². The second-order valence-corrected chi connectivity index (χ2v) is 12.3. The average molecular weight is 633 g/mol. The van der Waals surface area contributed by atoms with E-state index >= 15 is 0 Å². The molecule has 4 rings (SSSR count). The van der Waals surface area contributed by atoms with E-state index in [0.29, 0.717) is 32.8 Å². The van der Waals surface area contributed by atoms with E-state index in [1.54, 1.807) is 66.7 Å². The Bertz CT molecular complexity index is 1620. The minimum Gasteiger partial charge on any atom is -0.325 e. The topological polar surface area (TPSA) is 87.3 Å². The third kappa shape index (κ3) is 8.97. The summed E-state index contributed by atoms with van der Waals surface area (Å²) in [6.07, 6.45) is 1.44. The number of rotatable bonds is 10. The molecule has 3 N–H and O–H groups in total. The summed E-state index contributed by atoms with van der Waals surface area (Å²) in [5.74, 6) is -0.763. The average Bonchev–Trinajstić information content (AvgIpc) is 2.99. The van der Waals surface area contributed by atoms with Crippen molar-refractivity contribution in [3.63, 3.8) is 0 Å². The maximum Gasteiger partial charge on any atom is 0.272 e. The fourth-order valence-electron chi connectivity index (χ4n) is 4.03. The second-order valence-electron chi connectivity index (χ2n) is 10.0. The van der Waals surface area contributed by atoms with E-state index in [9.17, 15) is 14.4 Å². The van der Waals surface area contributed by atoms with Crippen molar-refractivity contribution < 1.29 is 14.4 Å². The highest BCUT2D eigenvalue weighted by Crippen LogP contribution is 2.29. The zero-order valence-electron chi connectivity index (χ0n) is 23.9. The lowest BCUT2D eigenvalue weighted by molar-refractivity contribution is -0.115. The van der Waals surface area contributed by atoms with Crippen molar-refractivity contribution in [2.45, 2.75) is 36.8 Å². The van der Waals surface area contributed by atoms with E-state index in [2.05, 4.69) is 29.8 Å². The van der Waals surface area contributed by atoms with Gasteiger partial charge in [-0.1, -0.05) is 79.5 Å². The van der Waals surface area contributed by atoms with E-state index in [4.69, 9.17) is 23.2 Å². The smallest absolute Gasteiger partial charge is 0.272 e. The Labute approximate surface area is 265 Å². The van der Waals surface area contributed by atoms with E-state index in [1.807, 2.05) is 37.3 Å². The van der Waals surface area contributed by atoms with Gasteiger partial charge in [-0.05, 0) is 79.1 Å². The highest BCUT2D eigenvalue weighted by molar-refractivity contribution is 8.00. The lowest BCUT2D eigenvalue weighted by Crippen LogP contribution is -2.30. The van der Waals surface area contributed by atoms with Crippen molar-refractivity contribution in [1.82, 2.24) is 5.32 Å². The molecule has 6 nitrogen and oxygen atoms in total. The fraction of sp³-hybridized carbons (Fsp3) is 0.147. The number of hydrogen-bond acceptors (Lipinski definition) is 4. The van der Waals surface area contributed by atoms with Gasteiger partial charge in [0.15, 0.2) is 0 Å². The first-order valence-electron chi connectivity index (χ1n) is 13.6. The molecule has 1 atom stereocenters. The van der Waals surface area contributed by atoms with Crippen LogP contribution in [0.15, 0.2) is 108 Å². The van der Waals surface area contributed by atoms with Gasteiger partial charge in [-0.15, -0.1) is 11.8 Å². The van der Waals surface area contributed by atoms with Gasteiger partial charge in [0.25, 0.3) is 11.8 Å². The summed E-state index contributed by atoms with van der Waals surface area (Å²) in [6, 6.07) is 28.5. The van der Waals surface area contributed by atoms with Crippen LogP contribution in [0.3, 0.4) is 0 Å². The summed E-state index contributed by atoms with van der Waals surface area (Å²) < 4.78 is 0. The standard InChI is InChI=1S/C34H31Cl2N3O3S/c1-21(2)23-15-17-25(18-16-23)37-32(40)22(3)43-27-12-7-11-26(19-27)38-34(42)31(20-28-29(35)13-8-14-30(28)36)39-33(41)24-9-5-4-6-10-24/h4-22H,1-3H3,(H,37,40)(H,38,42)(H,39,41)/b31-20+. The molecule has 4 aromatic carbocycles. The molecular formula is C34H31Cl2N3O3S. The van der Waals surface area contributed by atoms with Gasteiger partial charge in [0, 0.05) is 37.4 Å². The molecule has 0 radical (unpaired) electrons. The molecule has 0 saturated carbocycles. The van der Waals surface area contributed by atoms with Gasteiger partial charge in [-0.2, -0.15) is 0 Å². The first-order chi connectivity index (χ1) is 20.6. The maximum absolute atomic E-state index is 13.5. The zero-order valence-corrected chi connectivity index (χ0v) is 26.2. The third-order valence-electron chi connectivity index (χ3n) is 6.44. The van der Waals surface area contributed by atoms with Gasteiger partial charge in [0.2, 0.25) is 5.91 Å². The Morgan fingerprint density at radius 2 is 1.40 bits per heavy atom. The summed E-state index contributed by atoms with van der Waals surface area (Å²) in [7, 11) is 0. The molecule has 0 bridgehead atoms. The van der Waals surface area contributed by atoms with Gasteiger partial charge >= 0.3 is 0 Å². The van der Waals surface area contributed by atoms with Crippen molar-refractivity contribution in [3.05, 3.63) is 129 Å². The maximum atomic E-state index is 13.5. The number of halogens is 2. The fourth-order valence-corrected chi connectivity index (χ4v) is 5.47. The van der Waals surface area contributed by atoms with Crippen LogP contribution in [0, 0.1) is 0 Å². The molecule has 9 heteroatoms. The third-order valence-corrected chi connectivity index (χ3v) is 8.19. The SMILES string of the molecule is CC(Sc1cccc(NC(=O)/C(=C\c2c(Cl)cccc2Cl)NC(=O)c2ccccc2)c1)C(=O)Nc1ccc(C(C)C)cc1. The van der Waals surface area contributed by atoms with Crippen molar-refractivity contribution in [2.75, 3.05) is 10.6 Å². The summed E-state index contributed by atoms with van der Waals surface area (Å²) in [4.78, 5) is 40.1. The Morgan fingerprint density at radius 3 is 2.05 bits per heavy atom. The first kappa shape index (κ1) is 31.9. The Morgan fingerprint density at radius 1 is 0.744 bits per heavy atom. The van der Waals surface area contributed by atoms with Crippen LogP contribution in [-0.2, 0) is 9.59 Å². The van der Waals surface area contributed by atoms with Gasteiger partial charge in [-0.25, -0.2) is 0 Å². The molecule has 0 spiro atoms. The normalized spacial score (nSPS) is 12.0. The minimum atomic E-state index is -0.571. The quantitative estimate of drug-likeness (QED) is 0.121. The van der Waals surface area contributed by atoms with Crippen LogP contribution < -0.4 is 16.0 Å². The van der Waals surface area contributed by atoms with Gasteiger partial charge < -0.3 is 16.0 Å². The van der Waals surface area contributed by atoms with Crippen LogP contribution in [0.4, 0.5) is 11.4 Å². The molecule has 0 aliphatic rings. The largest absolute Gasteiger partial charge is 0.325 e. The van der Waals surface area contributed by atoms with Crippen LogP contribution in [0.2, 0.25) is 10.0 Å². The summed E-state index contributed by atoms with van der Waals surface area (Å²) in [5, 5.41) is 8.72. The molecule has 43 heavy (non-hydrogen) atoms. The lowest BCUT2D eigenvalue weighted by atomic mass is 10.0. The van der Waals surface area contributed by atoms with Crippen LogP contribution in [-0.4, -0.2) is 23.0 Å². The summed E-state index contributed by atoms with van der Waals surface area (Å²) in [6.45, 7) is 6.06. The number of benzene rings is 4. The minimum absolute atomic E-state index is 0.0434. The van der Waals surface area contributed by atoms with E-state index in [1.165, 1.54) is 23.4 Å². The number of anilines is 2. The van der Waals surface area contributed by atoms with Crippen molar-refractivity contribution >= 4 is 70.1 Å². The van der Waals surface area contributed by atoms with Gasteiger partial charge in [0.1, 0.15) is 5.70 Å². The van der Waals surface area contributed by atoms with Crippen LogP contribution >= 0.6 is 35.0 Å². The predicted molar refractivity (Wildman–Crippen MR) is 178 cm³/mol. The molecule has 0 heterocycles. The molecule has 0 aromatic heterocycles. The molecule has 0 aliphatic carbocycles. The molecule has 3 amide bonds. The van der Waals surface area contributed by atoms with Gasteiger partial charge in [0.05, 0.1) is 5.25 Å². The number of thioether (sulfide) groups is 1. The second kappa shape index (κ2) is 14.9. The Kier molecular flexibility index (Phi) is 11.1. The molecule has 220 valence electrons. The first-order valence-corrected chi connectivity index (χ1v) is 15.2. The van der Waals surface area contributed by atoms with Crippen molar-refractivity contribution in [1.29, 1.82) is 0 Å². The highest BCUT2D eigenvalue weighted by Gasteiger charge is 2.18. The van der Waals surface area contributed by atoms with E-state index in [-0.39, 0.29) is 11.6 Å². The molecular weight excluding hydrogens is 601 g/mol. The van der Waals surface area contributed by atoms with E-state index in [0.717, 1.165) is 10.6 Å². The van der Waals surface area contributed by atoms with Crippen molar-refractivity contribution in [3.8, 4) is 0 Å². The monoisotopic (exact) mass is 631 g/mol.